The van der Waals surface area contributed by atoms with Gasteiger partial charge in [-0.1, -0.05) is 30.3 Å². The van der Waals surface area contributed by atoms with Crippen LogP contribution in [0.1, 0.15) is 10.4 Å². The number of hydrogen-bond acceptors (Lipinski definition) is 4. The van der Waals surface area contributed by atoms with Crippen LogP contribution in [-0.2, 0) is 0 Å². The second kappa shape index (κ2) is 3.84. The summed E-state index contributed by atoms with van der Waals surface area (Å²) in [4.78, 5) is 23.7. The van der Waals surface area contributed by atoms with E-state index < -0.39 is 11.3 Å². The lowest BCUT2D eigenvalue weighted by Crippen LogP contribution is -2.23. The van der Waals surface area contributed by atoms with E-state index in [-0.39, 0.29) is 11.4 Å². The van der Waals surface area contributed by atoms with E-state index in [1.54, 1.807) is 12.1 Å². The normalized spacial score (nSPS) is 10.9. The van der Waals surface area contributed by atoms with Crippen LogP contribution in [0.25, 0.3) is 21.7 Å². The van der Waals surface area contributed by atoms with Crippen LogP contribution in [0.3, 0.4) is 0 Å². The first kappa shape index (κ1) is 11.3. The van der Waals surface area contributed by atoms with Crippen molar-refractivity contribution in [3.05, 3.63) is 52.2 Å². The molecular weight excluding hydrogens is 244 g/mol. The zero-order valence-electron chi connectivity index (χ0n) is 9.84. The van der Waals surface area contributed by atoms with Crippen LogP contribution >= 0.6 is 0 Å². The molecule has 2 aromatic carbocycles. The van der Waals surface area contributed by atoms with Gasteiger partial charge in [-0.3, -0.25) is 9.59 Å². The Labute approximate surface area is 107 Å². The van der Waals surface area contributed by atoms with E-state index in [1.807, 2.05) is 24.3 Å². The molecule has 5 nitrogen and oxygen atoms in total. The predicted molar refractivity (Wildman–Crippen MR) is 72.9 cm³/mol. The number of fused-ring (bicyclic) bond motifs is 3. The van der Waals surface area contributed by atoms with E-state index >= 15 is 0 Å². The standard InChI is InChI=1S/C14H10N2O3/c15-13(18)11-12(17)10-8-4-2-1-3-7(8)5-6-9(10)19-14(11)16/h1-6H,16H2,(H2,15,18). The Morgan fingerprint density at radius 3 is 2.58 bits per heavy atom. The third kappa shape index (κ3) is 1.55. The summed E-state index contributed by atoms with van der Waals surface area (Å²) in [6.45, 7) is 0. The topological polar surface area (TPSA) is 99.3 Å². The van der Waals surface area contributed by atoms with Gasteiger partial charge in [0.1, 0.15) is 11.1 Å². The first-order valence-electron chi connectivity index (χ1n) is 5.63. The van der Waals surface area contributed by atoms with Crippen molar-refractivity contribution in [1.29, 1.82) is 0 Å². The highest BCUT2D eigenvalue weighted by Crippen LogP contribution is 2.25. The summed E-state index contributed by atoms with van der Waals surface area (Å²) in [5.74, 6) is -1.14. The fourth-order valence-electron chi connectivity index (χ4n) is 2.21. The molecule has 0 saturated carbocycles. The number of primary amides is 1. The smallest absolute Gasteiger partial charge is 0.258 e. The second-order valence-corrected chi connectivity index (χ2v) is 4.19. The molecule has 0 fully saturated rings. The molecule has 0 spiro atoms. The van der Waals surface area contributed by atoms with Gasteiger partial charge < -0.3 is 15.9 Å². The van der Waals surface area contributed by atoms with E-state index in [2.05, 4.69) is 0 Å². The summed E-state index contributed by atoms with van der Waals surface area (Å²) in [6, 6.07) is 10.8. The second-order valence-electron chi connectivity index (χ2n) is 4.19. The molecule has 3 aromatic rings. The van der Waals surface area contributed by atoms with Crippen molar-refractivity contribution in [2.24, 2.45) is 5.73 Å². The van der Waals surface area contributed by atoms with Crippen LogP contribution in [-0.4, -0.2) is 5.91 Å². The SMILES string of the molecule is NC(=O)c1c(N)oc2ccc3ccccc3c2c1=O. The zero-order chi connectivity index (χ0) is 13.6. The average Bonchev–Trinajstić information content (AvgIpc) is 2.37. The maximum atomic E-state index is 12.4. The Morgan fingerprint density at radius 1 is 1.11 bits per heavy atom. The lowest BCUT2D eigenvalue weighted by molar-refractivity contribution is 0.0999. The average molecular weight is 254 g/mol. The van der Waals surface area contributed by atoms with Gasteiger partial charge in [-0.15, -0.1) is 0 Å². The highest BCUT2D eigenvalue weighted by Gasteiger charge is 2.18. The molecule has 0 bridgehead atoms. The van der Waals surface area contributed by atoms with E-state index in [0.717, 1.165) is 5.39 Å². The van der Waals surface area contributed by atoms with Crippen LogP contribution in [0.15, 0.2) is 45.6 Å². The molecule has 19 heavy (non-hydrogen) atoms. The minimum atomic E-state index is -0.888. The molecule has 5 heteroatoms. The number of carbonyl (C=O) groups is 1. The van der Waals surface area contributed by atoms with Gasteiger partial charge in [0.25, 0.3) is 5.91 Å². The van der Waals surface area contributed by atoms with Crippen LogP contribution in [0, 0.1) is 0 Å². The van der Waals surface area contributed by atoms with E-state index in [9.17, 15) is 9.59 Å². The Balaban J connectivity index is 2.62. The summed E-state index contributed by atoms with van der Waals surface area (Å²) in [6.07, 6.45) is 0. The first-order valence-corrected chi connectivity index (χ1v) is 5.63. The lowest BCUT2D eigenvalue weighted by Gasteiger charge is -2.06. The Kier molecular flexibility index (Phi) is 2.28. The van der Waals surface area contributed by atoms with Crippen molar-refractivity contribution in [1.82, 2.24) is 0 Å². The van der Waals surface area contributed by atoms with Gasteiger partial charge in [-0.2, -0.15) is 0 Å². The molecule has 0 aliphatic rings. The molecule has 0 saturated heterocycles. The van der Waals surface area contributed by atoms with Gasteiger partial charge in [0.15, 0.2) is 0 Å². The number of hydrogen-bond donors (Lipinski definition) is 2. The molecule has 3 rings (SSSR count). The molecule has 1 aromatic heterocycles. The highest BCUT2D eigenvalue weighted by molar-refractivity contribution is 6.09. The summed E-state index contributed by atoms with van der Waals surface area (Å²) in [5, 5.41) is 1.90. The van der Waals surface area contributed by atoms with Gasteiger partial charge in [-0.05, 0) is 16.8 Å². The molecule has 0 unspecified atom stereocenters. The van der Waals surface area contributed by atoms with Crippen molar-refractivity contribution in [2.45, 2.75) is 0 Å². The van der Waals surface area contributed by atoms with Crippen molar-refractivity contribution < 1.29 is 9.21 Å². The Hall–Kier alpha value is -2.82. The van der Waals surface area contributed by atoms with Gasteiger partial charge in [0, 0.05) is 0 Å². The fourth-order valence-corrected chi connectivity index (χ4v) is 2.21. The van der Waals surface area contributed by atoms with Crippen LogP contribution in [0.4, 0.5) is 5.88 Å². The summed E-state index contributed by atoms with van der Waals surface area (Å²) < 4.78 is 5.32. The number of carbonyl (C=O) groups excluding carboxylic acids is 1. The lowest BCUT2D eigenvalue weighted by atomic mass is 10.0. The maximum Gasteiger partial charge on any atom is 0.258 e. The molecule has 94 valence electrons. The largest absolute Gasteiger partial charge is 0.440 e. The zero-order valence-corrected chi connectivity index (χ0v) is 9.84. The third-order valence-electron chi connectivity index (χ3n) is 3.06. The van der Waals surface area contributed by atoms with Gasteiger partial charge in [0.05, 0.1) is 5.39 Å². The Bertz CT molecular complexity index is 881. The number of anilines is 1. The van der Waals surface area contributed by atoms with Gasteiger partial charge >= 0.3 is 0 Å². The van der Waals surface area contributed by atoms with Crippen molar-refractivity contribution >= 4 is 33.5 Å². The van der Waals surface area contributed by atoms with Crippen LogP contribution in [0.2, 0.25) is 0 Å². The highest BCUT2D eigenvalue weighted by atomic mass is 16.3. The molecule has 0 aliphatic carbocycles. The fraction of sp³-hybridized carbons (Fsp3) is 0. The number of rotatable bonds is 1. The predicted octanol–water partition coefficient (Wildman–Crippen LogP) is 1.63. The van der Waals surface area contributed by atoms with Crippen molar-refractivity contribution in [3.63, 3.8) is 0 Å². The summed E-state index contributed by atoms with van der Waals surface area (Å²) in [5.41, 5.74) is 10.3. The first-order chi connectivity index (χ1) is 9.09. The van der Waals surface area contributed by atoms with Gasteiger partial charge in [0.2, 0.25) is 11.3 Å². The van der Waals surface area contributed by atoms with Crippen molar-refractivity contribution in [3.8, 4) is 0 Å². The number of amides is 1. The molecule has 1 amide bonds. The van der Waals surface area contributed by atoms with Gasteiger partial charge in [-0.25, -0.2) is 0 Å². The van der Waals surface area contributed by atoms with E-state index in [0.29, 0.717) is 16.4 Å². The maximum absolute atomic E-state index is 12.4. The van der Waals surface area contributed by atoms with E-state index in [1.165, 1.54) is 0 Å². The quantitative estimate of drug-likeness (QED) is 0.644. The third-order valence-corrected chi connectivity index (χ3v) is 3.06. The molecule has 0 aliphatic heterocycles. The Morgan fingerprint density at radius 2 is 1.84 bits per heavy atom. The molecule has 0 radical (unpaired) electrons. The van der Waals surface area contributed by atoms with Crippen molar-refractivity contribution in [2.75, 3.05) is 5.73 Å². The number of nitrogens with two attached hydrogens (primary N) is 2. The minimum Gasteiger partial charge on any atom is -0.440 e. The summed E-state index contributed by atoms with van der Waals surface area (Å²) >= 11 is 0. The number of benzene rings is 2. The minimum absolute atomic E-state index is 0.250. The number of nitrogen functional groups attached to an aromatic ring is 1. The molecule has 1 heterocycles. The van der Waals surface area contributed by atoms with E-state index in [4.69, 9.17) is 15.9 Å². The van der Waals surface area contributed by atoms with Crippen LogP contribution in [0.5, 0.6) is 0 Å². The monoisotopic (exact) mass is 254 g/mol. The summed E-state index contributed by atoms with van der Waals surface area (Å²) in [7, 11) is 0. The van der Waals surface area contributed by atoms with Crippen LogP contribution < -0.4 is 16.9 Å². The molecular formula is C14H10N2O3. The molecule has 4 N–H and O–H groups in total. The molecule has 0 atom stereocenters.